The zero-order valence-electron chi connectivity index (χ0n) is 32.2. The lowest BCUT2D eigenvalue weighted by molar-refractivity contribution is -0.141. The molecule has 1 saturated heterocycles. The van der Waals surface area contributed by atoms with Crippen LogP contribution in [0.4, 0.5) is 9.59 Å². The standard InChI is InChI=1S/C39H50N6O9S2/c1-23-40-31(22-55-23)24-12-13-25-19-44(20-26(25)16-24)37(50)53-28-17-32-33(46)42-39(35(48)43-56(51,52)29-14-15-29)18-27(39)10-8-6-5-7-9-11-30(34(47)45(32)21-28)41-36(49)54-38(2,3)4/h8,10,12-13,16,22,27-30,32H,5-7,9,11,14-15,17-21H2,1-4H3,(H,41,49)(H,42,46)(H,43,48)/t27-,28-,30+,32+,39-/m1/s1. The van der Waals surface area contributed by atoms with Crippen molar-refractivity contribution in [3.63, 3.8) is 0 Å². The number of aryl methyl sites for hydroxylation is 1. The smallest absolute Gasteiger partial charge is 0.410 e. The predicted octanol–water partition coefficient (Wildman–Crippen LogP) is 4.44. The highest BCUT2D eigenvalue weighted by Gasteiger charge is 2.62. The van der Waals surface area contributed by atoms with Crippen LogP contribution < -0.4 is 15.4 Å². The van der Waals surface area contributed by atoms with E-state index in [-0.39, 0.29) is 25.8 Å². The second-order valence-electron chi connectivity index (χ2n) is 16.6. The molecule has 0 bridgehead atoms. The lowest BCUT2D eigenvalue weighted by atomic mass is 10.0. The number of nitrogens with zero attached hydrogens (tertiary/aromatic N) is 3. The predicted molar refractivity (Wildman–Crippen MR) is 206 cm³/mol. The van der Waals surface area contributed by atoms with Crippen LogP contribution in [0.15, 0.2) is 35.7 Å². The molecule has 0 unspecified atom stereocenters. The number of allylic oxidation sites excluding steroid dienone is 1. The van der Waals surface area contributed by atoms with Gasteiger partial charge in [0, 0.05) is 36.4 Å². The number of alkyl carbamates (subject to hydrolysis) is 1. The van der Waals surface area contributed by atoms with Crippen molar-refractivity contribution in [3.8, 4) is 11.3 Å². The van der Waals surface area contributed by atoms with Gasteiger partial charge < -0.3 is 25.0 Å². The molecule has 17 heteroatoms. The van der Waals surface area contributed by atoms with Crippen LogP contribution in [0.25, 0.3) is 11.3 Å². The fraction of sp³-hybridized carbons (Fsp3) is 0.590. The molecule has 7 rings (SSSR count). The third-order valence-electron chi connectivity index (χ3n) is 10.9. The number of hydrogen-bond donors (Lipinski definition) is 3. The van der Waals surface area contributed by atoms with Gasteiger partial charge in [-0.25, -0.2) is 23.0 Å². The molecule has 2 saturated carbocycles. The third kappa shape index (κ3) is 8.88. The highest BCUT2D eigenvalue weighted by molar-refractivity contribution is 7.91. The summed E-state index contributed by atoms with van der Waals surface area (Å²) in [7, 11) is -3.91. The molecule has 15 nitrogen and oxygen atoms in total. The van der Waals surface area contributed by atoms with Gasteiger partial charge in [-0.3, -0.25) is 24.0 Å². The van der Waals surface area contributed by atoms with Gasteiger partial charge in [-0.05, 0) is 83.4 Å². The first-order valence-electron chi connectivity index (χ1n) is 19.4. The molecule has 2 aliphatic carbocycles. The number of nitrogens with one attached hydrogen (secondary N) is 3. The number of carbonyl (C=O) groups excluding carboxylic acids is 5. The number of benzene rings is 1. The number of amides is 5. The van der Waals surface area contributed by atoms with Gasteiger partial charge in [0.25, 0.3) is 5.91 Å². The summed E-state index contributed by atoms with van der Waals surface area (Å²) >= 11 is 1.56. The van der Waals surface area contributed by atoms with Crippen molar-refractivity contribution in [1.82, 2.24) is 30.1 Å². The lowest BCUT2D eigenvalue weighted by Gasteiger charge is -2.30. The first-order chi connectivity index (χ1) is 26.5. The lowest BCUT2D eigenvalue weighted by Crippen LogP contribution is -2.58. The van der Waals surface area contributed by atoms with Gasteiger partial charge in [0.05, 0.1) is 22.5 Å². The van der Waals surface area contributed by atoms with Gasteiger partial charge in [0.15, 0.2) is 0 Å². The van der Waals surface area contributed by atoms with E-state index in [2.05, 4.69) is 20.3 Å². The molecule has 3 aliphatic heterocycles. The number of hydrogen-bond acceptors (Lipinski definition) is 11. The summed E-state index contributed by atoms with van der Waals surface area (Å²) in [5.41, 5.74) is 1.40. The van der Waals surface area contributed by atoms with Crippen molar-refractivity contribution in [3.05, 3.63) is 51.9 Å². The topological polar surface area (TPSA) is 193 Å². The summed E-state index contributed by atoms with van der Waals surface area (Å²) in [5.74, 6) is -2.51. The van der Waals surface area contributed by atoms with Crippen molar-refractivity contribution in [1.29, 1.82) is 0 Å². The van der Waals surface area contributed by atoms with Crippen LogP contribution in [0.1, 0.15) is 94.7 Å². The van der Waals surface area contributed by atoms with Gasteiger partial charge in [-0.15, -0.1) is 11.3 Å². The number of fused-ring (bicyclic) bond motifs is 3. The van der Waals surface area contributed by atoms with E-state index in [1.54, 1.807) is 37.0 Å². The Bertz CT molecular complexity index is 2040. The number of ether oxygens (including phenoxy) is 2. The normalized spacial score (nSPS) is 26.9. The van der Waals surface area contributed by atoms with Crippen LogP contribution in [0.3, 0.4) is 0 Å². The Balaban J connectivity index is 1.11. The van der Waals surface area contributed by atoms with Crippen LogP contribution in [-0.2, 0) is 47.0 Å². The van der Waals surface area contributed by atoms with Crippen molar-refractivity contribution in [2.45, 2.75) is 133 Å². The maximum absolute atomic E-state index is 14.4. The SMILES string of the molecule is Cc1nc(-c2ccc3c(c2)CN(C(=O)O[C@@H]2C[C@H]4C(=O)N[C@]5(C(=O)NS(=O)(=O)C6CC6)C[C@H]5C=CCCCCC[C@H](NC(=O)OC(C)(C)C)C(=O)N4C2)C3)cs1. The minimum Gasteiger partial charge on any atom is -0.444 e. The summed E-state index contributed by atoms with van der Waals surface area (Å²) in [6, 6.07) is 3.73. The fourth-order valence-electron chi connectivity index (χ4n) is 7.69. The van der Waals surface area contributed by atoms with Crippen molar-refractivity contribution >= 4 is 51.3 Å². The van der Waals surface area contributed by atoms with Gasteiger partial charge in [0.2, 0.25) is 21.8 Å². The Hall–Kier alpha value is -4.51. The van der Waals surface area contributed by atoms with Gasteiger partial charge in [0.1, 0.15) is 29.3 Å². The molecule has 56 heavy (non-hydrogen) atoms. The summed E-state index contributed by atoms with van der Waals surface area (Å²) in [6.07, 6.45) is 5.57. The molecule has 5 amide bonds. The molecule has 5 aliphatic rings. The Morgan fingerprint density at radius 3 is 2.54 bits per heavy atom. The molecule has 3 N–H and O–H groups in total. The maximum atomic E-state index is 14.4. The Morgan fingerprint density at radius 2 is 1.82 bits per heavy atom. The third-order valence-corrected chi connectivity index (χ3v) is 13.5. The number of thiazole rings is 1. The summed E-state index contributed by atoms with van der Waals surface area (Å²) in [5, 5.41) is 7.84. The summed E-state index contributed by atoms with van der Waals surface area (Å²) in [4.78, 5) is 76.5. The van der Waals surface area contributed by atoms with E-state index in [1.807, 2.05) is 42.7 Å². The number of aromatic nitrogens is 1. The summed E-state index contributed by atoms with van der Waals surface area (Å²) in [6.45, 7) is 7.58. The van der Waals surface area contributed by atoms with Gasteiger partial charge in [-0.2, -0.15) is 0 Å². The summed E-state index contributed by atoms with van der Waals surface area (Å²) < 4.78 is 39.3. The van der Waals surface area contributed by atoms with Gasteiger partial charge >= 0.3 is 12.2 Å². The molecule has 4 heterocycles. The van der Waals surface area contributed by atoms with E-state index >= 15 is 0 Å². The molecule has 302 valence electrons. The molecule has 1 aromatic carbocycles. The van der Waals surface area contributed by atoms with Crippen LogP contribution in [0, 0.1) is 12.8 Å². The number of carbonyl (C=O) groups is 5. The monoisotopic (exact) mass is 810 g/mol. The van der Waals surface area contributed by atoms with E-state index < -0.39 is 80.4 Å². The van der Waals surface area contributed by atoms with Crippen LogP contribution in [0.5, 0.6) is 0 Å². The molecule has 2 aromatic rings. The zero-order valence-corrected chi connectivity index (χ0v) is 33.8. The first kappa shape index (κ1) is 39.7. The van der Waals surface area contributed by atoms with Crippen molar-refractivity contribution < 1.29 is 41.9 Å². The highest BCUT2D eigenvalue weighted by Crippen LogP contribution is 2.46. The average molecular weight is 811 g/mol. The molecular formula is C39H50N6O9S2. The van der Waals surface area contributed by atoms with E-state index in [0.29, 0.717) is 38.8 Å². The minimum absolute atomic E-state index is 0.0742. The first-order valence-corrected chi connectivity index (χ1v) is 21.8. The van der Waals surface area contributed by atoms with Crippen LogP contribution in [0.2, 0.25) is 0 Å². The Labute approximate surface area is 331 Å². The van der Waals surface area contributed by atoms with Crippen LogP contribution >= 0.6 is 11.3 Å². The van der Waals surface area contributed by atoms with E-state index in [0.717, 1.165) is 40.2 Å². The molecule has 0 spiro atoms. The Morgan fingerprint density at radius 1 is 1.05 bits per heavy atom. The Kier molecular flexibility index (Phi) is 11.0. The van der Waals surface area contributed by atoms with Crippen molar-refractivity contribution in [2.24, 2.45) is 5.92 Å². The molecular weight excluding hydrogens is 761 g/mol. The molecule has 0 radical (unpaired) electrons. The molecule has 1 aromatic heterocycles. The highest BCUT2D eigenvalue weighted by atomic mass is 32.2. The molecule has 3 fully saturated rings. The number of rotatable bonds is 6. The van der Waals surface area contributed by atoms with Crippen LogP contribution in [-0.4, -0.2) is 94.2 Å². The largest absolute Gasteiger partial charge is 0.444 e. The van der Waals surface area contributed by atoms with E-state index in [1.165, 1.54) is 4.90 Å². The quantitative estimate of drug-likeness (QED) is 0.352. The second kappa shape index (κ2) is 15.4. The zero-order chi connectivity index (χ0) is 40.0. The minimum atomic E-state index is -3.91. The van der Waals surface area contributed by atoms with E-state index in [9.17, 15) is 32.4 Å². The number of sulfonamides is 1. The average Bonchev–Trinajstić information content (AvgIpc) is 3.94. The van der Waals surface area contributed by atoms with E-state index in [4.69, 9.17) is 9.47 Å². The second-order valence-corrected chi connectivity index (χ2v) is 19.6. The molecule has 5 atom stereocenters. The van der Waals surface area contributed by atoms with Gasteiger partial charge in [-0.1, -0.05) is 37.1 Å². The van der Waals surface area contributed by atoms with Crippen molar-refractivity contribution in [2.75, 3.05) is 6.54 Å². The fourth-order valence-corrected chi connectivity index (χ4v) is 9.68. The maximum Gasteiger partial charge on any atom is 0.410 e.